The van der Waals surface area contributed by atoms with Gasteiger partial charge in [-0.15, -0.1) is 0 Å². The van der Waals surface area contributed by atoms with Crippen LogP contribution in [-0.2, 0) is 0 Å². The summed E-state index contributed by atoms with van der Waals surface area (Å²) < 4.78 is 0. The third-order valence-electron chi connectivity index (χ3n) is 3.18. The topological polar surface area (TPSA) is 35.5 Å². The van der Waals surface area contributed by atoms with Gasteiger partial charge in [-0.05, 0) is 26.2 Å². The second-order valence-corrected chi connectivity index (χ2v) is 5.70. The molecule has 3 nitrogen and oxygen atoms in total. The van der Waals surface area contributed by atoms with Crippen LogP contribution in [0.5, 0.6) is 0 Å². The van der Waals surface area contributed by atoms with Crippen LogP contribution in [0.15, 0.2) is 0 Å². The Balaban J connectivity index is 2.53. The Morgan fingerprint density at radius 3 is 2.67 bits per heavy atom. The molecule has 1 fully saturated rings. The largest absolute Gasteiger partial charge is 0.396 e. The van der Waals surface area contributed by atoms with E-state index in [1.54, 1.807) is 0 Å². The minimum Gasteiger partial charge on any atom is -0.396 e. The van der Waals surface area contributed by atoms with Gasteiger partial charge in [0.1, 0.15) is 0 Å². The average Bonchev–Trinajstić information content (AvgIpc) is 2.11. The van der Waals surface area contributed by atoms with Gasteiger partial charge in [0.05, 0.1) is 0 Å². The second kappa shape index (κ2) is 5.28. The van der Waals surface area contributed by atoms with Crippen LogP contribution < -0.4 is 5.32 Å². The first-order chi connectivity index (χ1) is 6.95. The molecule has 1 aliphatic rings. The van der Waals surface area contributed by atoms with Crippen molar-refractivity contribution in [3.8, 4) is 0 Å². The highest BCUT2D eigenvalue weighted by atomic mass is 16.3. The molecule has 15 heavy (non-hydrogen) atoms. The van der Waals surface area contributed by atoms with Gasteiger partial charge in [-0.25, -0.2) is 0 Å². The summed E-state index contributed by atoms with van der Waals surface area (Å²) in [5, 5.41) is 12.5. The molecule has 3 heteroatoms. The second-order valence-electron chi connectivity index (χ2n) is 5.70. The van der Waals surface area contributed by atoms with Crippen LogP contribution in [0.25, 0.3) is 0 Å². The maximum absolute atomic E-state index is 8.96. The van der Waals surface area contributed by atoms with Crippen molar-refractivity contribution in [3.63, 3.8) is 0 Å². The summed E-state index contributed by atoms with van der Waals surface area (Å²) in [6.45, 7) is 12.6. The Morgan fingerprint density at radius 1 is 1.47 bits per heavy atom. The van der Waals surface area contributed by atoms with E-state index in [0.29, 0.717) is 12.0 Å². The monoisotopic (exact) mass is 214 g/mol. The summed E-state index contributed by atoms with van der Waals surface area (Å²) in [5.41, 5.74) is 0.246. The van der Waals surface area contributed by atoms with Gasteiger partial charge in [0.15, 0.2) is 0 Å². The summed E-state index contributed by atoms with van der Waals surface area (Å²) in [6, 6.07) is 0.460. The standard InChI is InChI=1S/C12H26N2O/c1-10(2)7-14-8-11(5-6-15)13-9-12(14,3)4/h10-11,13,15H,5-9H2,1-4H3. The van der Waals surface area contributed by atoms with Crippen LogP contribution in [0, 0.1) is 5.92 Å². The van der Waals surface area contributed by atoms with Gasteiger partial charge in [0.2, 0.25) is 0 Å². The lowest BCUT2D eigenvalue weighted by Gasteiger charge is -2.47. The lowest BCUT2D eigenvalue weighted by Crippen LogP contribution is -2.62. The van der Waals surface area contributed by atoms with Crippen molar-refractivity contribution in [3.05, 3.63) is 0 Å². The molecule has 1 saturated heterocycles. The van der Waals surface area contributed by atoms with E-state index in [9.17, 15) is 0 Å². The fourth-order valence-electron chi connectivity index (χ4n) is 2.20. The van der Waals surface area contributed by atoms with E-state index in [2.05, 4.69) is 37.9 Å². The Bertz CT molecular complexity index is 192. The maximum Gasteiger partial charge on any atom is 0.0446 e. The van der Waals surface area contributed by atoms with E-state index < -0.39 is 0 Å². The number of hydrogen-bond acceptors (Lipinski definition) is 3. The summed E-state index contributed by atoms with van der Waals surface area (Å²) in [6.07, 6.45) is 0.866. The molecule has 90 valence electrons. The lowest BCUT2D eigenvalue weighted by molar-refractivity contribution is 0.0489. The molecule has 2 N–H and O–H groups in total. The van der Waals surface area contributed by atoms with Crippen molar-refractivity contribution in [2.75, 3.05) is 26.2 Å². The van der Waals surface area contributed by atoms with Crippen molar-refractivity contribution in [2.45, 2.75) is 45.7 Å². The number of piperazine rings is 1. The van der Waals surface area contributed by atoms with Gasteiger partial charge in [0, 0.05) is 37.8 Å². The van der Waals surface area contributed by atoms with Crippen LogP contribution in [0.4, 0.5) is 0 Å². The Morgan fingerprint density at radius 2 is 2.13 bits per heavy atom. The molecule has 0 aromatic heterocycles. The molecule has 0 aromatic rings. The molecule has 1 unspecified atom stereocenters. The van der Waals surface area contributed by atoms with Gasteiger partial charge < -0.3 is 10.4 Å². The zero-order valence-electron chi connectivity index (χ0n) is 10.6. The van der Waals surface area contributed by atoms with Gasteiger partial charge in [-0.3, -0.25) is 4.90 Å². The van der Waals surface area contributed by atoms with E-state index >= 15 is 0 Å². The number of nitrogens with zero attached hydrogens (tertiary/aromatic N) is 1. The van der Waals surface area contributed by atoms with Crippen LogP contribution in [0.1, 0.15) is 34.1 Å². The van der Waals surface area contributed by atoms with Crippen molar-refractivity contribution in [1.29, 1.82) is 0 Å². The Kier molecular flexibility index (Phi) is 4.56. The molecule has 0 bridgehead atoms. The van der Waals surface area contributed by atoms with Crippen LogP contribution in [-0.4, -0.2) is 47.8 Å². The quantitative estimate of drug-likeness (QED) is 0.735. The molecule has 0 aliphatic carbocycles. The number of nitrogens with one attached hydrogen (secondary N) is 1. The maximum atomic E-state index is 8.96. The van der Waals surface area contributed by atoms with E-state index in [1.165, 1.54) is 0 Å². The van der Waals surface area contributed by atoms with Gasteiger partial charge >= 0.3 is 0 Å². The summed E-state index contributed by atoms with van der Waals surface area (Å²) in [5.74, 6) is 0.706. The molecule has 0 amide bonds. The van der Waals surface area contributed by atoms with Crippen molar-refractivity contribution in [1.82, 2.24) is 10.2 Å². The minimum absolute atomic E-state index is 0.246. The first kappa shape index (κ1) is 12.9. The third-order valence-corrected chi connectivity index (χ3v) is 3.18. The normalized spacial score (nSPS) is 27.2. The van der Waals surface area contributed by atoms with E-state index in [4.69, 9.17) is 5.11 Å². The molecule has 1 aliphatic heterocycles. The molecule has 1 rings (SSSR count). The fraction of sp³-hybridized carbons (Fsp3) is 1.00. The molecule has 1 atom stereocenters. The molecule has 0 radical (unpaired) electrons. The summed E-state index contributed by atoms with van der Waals surface area (Å²) in [4.78, 5) is 2.55. The Hall–Kier alpha value is -0.120. The molecule has 1 heterocycles. The highest BCUT2D eigenvalue weighted by molar-refractivity contribution is 4.92. The summed E-state index contributed by atoms with van der Waals surface area (Å²) >= 11 is 0. The molecule has 0 aromatic carbocycles. The smallest absolute Gasteiger partial charge is 0.0446 e. The minimum atomic E-state index is 0.246. The predicted octanol–water partition coefficient (Wildman–Crippen LogP) is 1.08. The SMILES string of the molecule is CC(C)CN1CC(CCO)NCC1(C)C. The Labute approximate surface area is 93.9 Å². The molecule has 0 saturated carbocycles. The van der Waals surface area contributed by atoms with Crippen LogP contribution >= 0.6 is 0 Å². The first-order valence-electron chi connectivity index (χ1n) is 6.05. The number of aliphatic hydroxyl groups excluding tert-OH is 1. The van der Waals surface area contributed by atoms with Gasteiger partial charge in [-0.2, -0.15) is 0 Å². The zero-order chi connectivity index (χ0) is 11.5. The highest BCUT2D eigenvalue weighted by Crippen LogP contribution is 2.20. The van der Waals surface area contributed by atoms with E-state index in [0.717, 1.165) is 26.1 Å². The highest BCUT2D eigenvalue weighted by Gasteiger charge is 2.33. The number of aliphatic hydroxyl groups is 1. The van der Waals surface area contributed by atoms with Gasteiger partial charge in [-0.1, -0.05) is 13.8 Å². The van der Waals surface area contributed by atoms with Crippen molar-refractivity contribution in [2.24, 2.45) is 5.92 Å². The van der Waals surface area contributed by atoms with Crippen molar-refractivity contribution >= 4 is 0 Å². The summed E-state index contributed by atoms with van der Waals surface area (Å²) in [7, 11) is 0. The fourth-order valence-corrected chi connectivity index (χ4v) is 2.20. The number of hydrogen-bond donors (Lipinski definition) is 2. The van der Waals surface area contributed by atoms with Crippen molar-refractivity contribution < 1.29 is 5.11 Å². The van der Waals surface area contributed by atoms with Crippen LogP contribution in [0.2, 0.25) is 0 Å². The molecule has 0 spiro atoms. The van der Waals surface area contributed by atoms with Gasteiger partial charge in [0.25, 0.3) is 0 Å². The lowest BCUT2D eigenvalue weighted by atomic mass is 9.95. The zero-order valence-corrected chi connectivity index (χ0v) is 10.6. The molecular weight excluding hydrogens is 188 g/mol. The third kappa shape index (κ3) is 3.74. The average molecular weight is 214 g/mol. The molecular formula is C12H26N2O. The number of rotatable bonds is 4. The van der Waals surface area contributed by atoms with E-state index in [-0.39, 0.29) is 12.1 Å². The van der Waals surface area contributed by atoms with Crippen LogP contribution in [0.3, 0.4) is 0 Å². The van der Waals surface area contributed by atoms with E-state index in [1.807, 2.05) is 0 Å². The first-order valence-corrected chi connectivity index (χ1v) is 6.05. The predicted molar refractivity (Wildman–Crippen MR) is 64.0 cm³/mol.